The van der Waals surface area contributed by atoms with Gasteiger partial charge in [0.2, 0.25) is 5.13 Å². The number of hydrogen-bond donors (Lipinski definition) is 3. The summed E-state index contributed by atoms with van der Waals surface area (Å²) in [4.78, 5) is 38.7. The van der Waals surface area contributed by atoms with Crippen LogP contribution in [0.5, 0.6) is 0 Å². The first kappa shape index (κ1) is 19.2. The number of amides is 2. The second kappa shape index (κ2) is 8.45. The molecular weight excluding hydrogens is 404 g/mol. The van der Waals surface area contributed by atoms with Gasteiger partial charge in [-0.2, -0.15) is 5.10 Å². The van der Waals surface area contributed by atoms with Crippen LogP contribution in [0, 0.1) is 0 Å². The third-order valence-electron chi connectivity index (χ3n) is 4.02. The smallest absolute Gasteiger partial charge is 0.321 e. The highest BCUT2D eigenvalue weighted by atomic mass is 32.1. The van der Waals surface area contributed by atoms with E-state index in [-0.39, 0.29) is 16.3 Å². The Balaban J connectivity index is 1.38. The Kier molecular flexibility index (Phi) is 5.39. The van der Waals surface area contributed by atoms with Gasteiger partial charge in [0, 0.05) is 11.1 Å². The van der Waals surface area contributed by atoms with Gasteiger partial charge in [0.1, 0.15) is 5.01 Å². The van der Waals surface area contributed by atoms with Gasteiger partial charge in [-0.15, -0.1) is 10.2 Å². The van der Waals surface area contributed by atoms with Crippen LogP contribution in [0.4, 0.5) is 5.13 Å². The zero-order valence-corrected chi connectivity index (χ0v) is 16.1. The van der Waals surface area contributed by atoms with Crippen LogP contribution >= 0.6 is 11.3 Å². The molecule has 2 aromatic heterocycles. The fraction of sp³-hybridized carbons (Fsp3) is 0. The number of anilines is 1. The number of carbonyl (C=O) groups is 2. The minimum absolute atomic E-state index is 0.184. The molecule has 0 spiro atoms. The van der Waals surface area contributed by atoms with Crippen LogP contribution in [-0.4, -0.2) is 33.2 Å². The van der Waals surface area contributed by atoms with Gasteiger partial charge in [-0.3, -0.25) is 19.7 Å². The largest absolute Gasteiger partial charge is 0.329 e. The summed E-state index contributed by atoms with van der Waals surface area (Å²) in [5.41, 5.74) is 3.51. The lowest BCUT2D eigenvalue weighted by molar-refractivity contribution is -0.136. The molecule has 4 rings (SSSR count). The molecule has 4 aromatic rings. The van der Waals surface area contributed by atoms with Crippen LogP contribution in [0.25, 0.3) is 21.5 Å². The molecule has 30 heavy (non-hydrogen) atoms. The zero-order chi connectivity index (χ0) is 20.9. The zero-order valence-electron chi connectivity index (χ0n) is 15.3. The van der Waals surface area contributed by atoms with Gasteiger partial charge >= 0.3 is 11.8 Å². The number of H-pyrrole nitrogens is 1. The third kappa shape index (κ3) is 4.28. The topological polar surface area (TPSA) is 129 Å². The van der Waals surface area contributed by atoms with Crippen LogP contribution in [0.15, 0.2) is 70.6 Å². The van der Waals surface area contributed by atoms with Crippen molar-refractivity contribution in [2.45, 2.75) is 0 Å². The first-order valence-corrected chi connectivity index (χ1v) is 9.57. The van der Waals surface area contributed by atoms with Crippen LogP contribution in [0.2, 0.25) is 0 Å². The Labute approximate surface area is 173 Å². The van der Waals surface area contributed by atoms with E-state index in [4.69, 9.17) is 0 Å². The van der Waals surface area contributed by atoms with E-state index in [0.717, 1.165) is 22.3 Å². The maximum absolute atomic E-state index is 12.1. The van der Waals surface area contributed by atoms with E-state index < -0.39 is 11.8 Å². The lowest BCUT2D eigenvalue weighted by Crippen LogP contribution is -2.32. The van der Waals surface area contributed by atoms with Crippen LogP contribution in [-0.2, 0) is 9.59 Å². The lowest BCUT2D eigenvalue weighted by Gasteiger charge is -2.00. The molecule has 0 aliphatic rings. The summed E-state index contributed by atoms with van der Waals surface area (Å²) in [6, 6.07) is 18.2. The Morgan fingerprint density at radius 2 is 1.77 bits per heavy atom. The predicted octanol–water partition coefficient (Wildman–Crippen LogP) is 2.14. The molecule has 3 N–H and O–H groups in total. The van der Waals surface area contributed by atoms with Crippen molar-refractivity contribution >= 4 is 45.4 Å². The number of aromatic nitrogens is 3. The molecule has 2 amide bonds. The number of hydrogen-bond acceptors (Lipinski definition) is 7. The van der Waals surface area contributed by atoms with Crippen molar-refractivity contribution in [1.82, 2.24) is 20.6 Å². The second-order valence-corrected chi connectivity index (χ2v) is 7.05. The molecule has 0 aliphatic heterocycles. The van der Waals surface area contributed by atoms with Crippen molar-refractivity contribution in [3.8, 4) is 10.6 Å². The van der Waals surface area contributed by atoms with E-state index in [1.165, 1.54) is 6.21 Å². The first-order valence-electron chi connectivity index (χ1n) is 8.75. The Hall–Kier alpha value is -4.18. The lowest BCUT2D eigenvalue weighted by atomic mass is 10.2. The molecule has 2 heterocycles. The van der Waals surface area contributed by atoms with Gasteiger partial charge in [0.25, 0.3) is 5.56 Å². The number of aromatic amines is 1. The number of benzene rings is 2. The highest BCUT2D eigenvalue weighted by Crippen LogP contribution is 2.25. The molecule has 9 nitrogen and oxygen atoms in total. The quantitative estimate of drug-likeness (QED) is 0.266. The van der Waals surface area contributed by atoms with Crippen molar-refractivity contribution in [2.75, 3.05) is 5.32 Å². The van der Waals surface area contributed by atoms with Crippen LogP contribution < -0.4 is 16.3 Å². The molecule has 0 aliphatic carbocycles. The summed E-state index contributed by atoms with van der Waals surface area (Å²) in [5.74, 6) is -1.95. The fourth-order valence-electron chi connectivity index (χ4n) is 2.60. The number of fused-ring (bicyclic) bond motifs is 1. The number of para-hydroxylation sites is 1. The number of rotatable bonds is 4. The molecule has 0 saturated heterocycles. The Morgan fingerprint density at radius 3 is 2.60 bits per heavy atom. The van der Waals surface area contributed by atoms with E-state index in [1.54, 1.807) is 12.1 Å². The van der Waals surface area contributed by atoms with Gasteiger partial charge in [-0.1, -0.05) is 59.9 Å². The van der Waals surface area contributed by atoms with E-state index in [9.17, 15) is 14.4 Å². The summed E-state index contributed by atoms with van der Waals surface area (Å²) in [6.07, 6.45) is 1.18. The van der Waals surface area contributed by atoms with Crippen molar-refractivity contribution in [1.29, 1.82) is 0 Å². The van der Waals surface area contributed by atoms with E-state index in [0.29, 0.717) is 10.5 Å². The highest BCUT2D eigenvalue weighted by molar-refractivity contribution is 7.18. The second-order valence-electron chi connectivity index (χ2n) is 6.07. The average Bonchev–Trinajstić information content (AvgIpc) is 3.23. The van der Waals surface area contributed by atoms with Crippen molar-refractivity contribution < 1.29 is 9.59 Å². The van der Waals surface area contributed by atoms with Gasteiger partial charge in [-0.05, 0) is 17.5 Å². The molecule has 148 valence electrons. The summed E-state index contributed by atoms with van der Waals surface area (Å²) >= 11 is 1.14. The molecule has 0 fully saturated rings. The van der Waals surface area contributed by atoms with E-state index >= 15 is 0 Å². The fourth-order valence-corrected chi connectivity index (χ4v) is 3.34. The maximum Gasteiger partial charge on any atom is 0.329 e. The number of carbonyl (C=O) groups excluding carboxylic acids is 2. The maximum atomic E-state index is 12.1. The molecule has 0 unspecified atom stereocenters. The monoisotopic (exact) mass is 418 g/mol. The minimum atomic E-state index is -1.00. The number of nitrogens with one attached hydrogen (secondary N) is 3. The normalized spacial score (nSPS) is 10.9. The molecule has 10 heteroatoms. The number of hydrazone groups is 1. The van der Waals surface area contributed by atoms with Crippen molar-refractivity contribution in [3.05, 3.63) is 76.6 Å². The number of nitrogens with zero attached hydrogens (tertiary/aromatic N) is 3. The van der Waals surface area contributed by atoms with Gasteiger partial charge < -0.3 is 4.98 Å². The molecule has 2 aromatic carbocycles. The molecule has 0 bridgehead atoms. The third-order valence-corrected chi connectivity index (χ3v) is 4.91. The van der Waals surface area contributed by atoms with E-state index in [2.05, 4.69) is 31.0 Å². The predicted molar refractivity (Wildman–Crippen MR) is 114 cm³/mol. The van der Waals surface area contributed by atoms with Gasteiger partial charge in [0.05, 0.1) is 11.8 Å². The van der Waals surface area contributed by atoms with Crippen LogP contribution in [0.1, 0.15) is 5.56 Å². The van der Waals surface area contributed by atoms with Crippen molar-refractivity contribution in [3.63, 3.8) is 0 Å². The summed E-state index contributed by atoms with van der Waals surface area (Å²) < 4.78 is 0. The van der Waals surface area contributed by atoms with E-state index in [1.807, 2.05) is 48.5 Å². The summed E-state index contributed by atoms with van der Waals surface area (Å²) in [5, 5.41) is 15.5. The highest BCUT2D eigenvalue weighted by Gasteiger charge is 2.16. The Morgan fingerprint density at radius 1 is 1.00 bits per heavy atom. The summed E-state index contributed by atoms with van der Waals surface area (Å²) in [6.45, 7) is 0. The standard InChI is InChI=1S/C20H14N6O3S/c27-16-14(10-13-8-4-5-9-15(13)22-16)11-21-24-18(29)17(28)23-20-26-25-19(30-20)12-6-2-1-3-7-12/h1-11H,(H,22,27)(H,24,29)(H,23,26,28)/b21-11+. The first-order chi connectivity index (χ1) is 14.6. The Bertz CT molecular complexity index is 1310. The van der Waals surface area contributed by atoms with Crippen LogP contribution in [0.3, 0.4) is 0 Å². The minimum Gasteiger partial charge on any atom is -0.321 e. The molecule has 0 radical (unpaired) electrons. The van der Waals surface area contributed by atoms with Gasteiger partial charge in [0.15, 0.2) is 0 Å². The van der Waals surface area contributed by atoms with Gasteiger partial charge in [-0.25, -0.2) is 5.43 Å². The molecular formula is C20H14N6O3S. The molecule has 0 saturated carbocycles. The molecule has 0 atom stereocenters. The number of pyridine rings is 1. The average molecular weight is 418 g/mol. The van der Waals surface area contributed by atoms with Crippen molar-refractivity contribution in [2.24, 2.45) is 5.10 Å². The summed E-state index contributed by atoms with van der Waals surface area (Å²) in [7, 11) is 0. The SMILES string of the molecule is O=C(N/N=C/c1cc2ccccc2[nH]c1=O)C(=O)Nc1nnc(-c2ccccc2)s1.